The van der Waals surface area contributed by atoms with Crippen LogP contribution in [0, 0.1) is 23.2 Å². The summed E-state index contributed by atoms with van der Waals surface area (Å²) in [4.78, 5) is 73.7. The number of rotatable bonds is 11. The predicted octanol–water partition coefficient (Wildman–Crippen LogP) is 1.47. The van der Waals surface area contributed by atoms with Crippen molar-refractivity contribution in [2.45, 2.75) is 45.3 Å². The highest BCUT2D eigenvalue weighted by atomic mass is 35.5. The van der Waals surface area contributed by atoms with E-state index in [1.807, 2.05) is 13.8 Å². The molecule has 3 heterocycles. The van der Waals surface area contributed by atoms with Gasteiger partial charge in [-0.3, -0.25) is 24.0 Å². The van der Waals surface area contributed by atoms with Gasteiger partial charge in [0.25, 0.3) is 11.8 Å². The largest absolute Gasteiger partial charge is 0.482 e. The Morgan fingerprint density at radius 3 is 2.69 bits per heavy atom. The number of piperidine rings is 1. The van der Waals surface area contributed by atoms with Crippen molar-refractivity contribution in [3.05, 3.63) is 46.5 Å². The number of halogens is 2. The molecule has 1 aliphatic carbocycles. The van der Waals surface area contributed by atoms with Crippen molar-refractivity contribution in [3.8, 4) is 5.75 Å². The van der Waals surface area contributed by atoms with E-state index in [-0.39, 0.29) is 53.5 Å². The number of hydrogen-bond donors (Lipinski definition) is 4. The van der Waals surface area contributed by atoms with Gasteiger partial charge in [0.15, 0.2) is 6.61 Å². The number of ether oxygens (including phenoxy) is 1. The number of Topliss-reactive ketones (excluding diaryl/α,β-unsaturated/α-hetero) is 1. The van der Waals surface area contributed by atoms with Crippen LogP contribution >= 0.6 is 23.2 Å². The summed E-state index contributed by atoms with van der Waals surface area (Å²) in [7, 11) is 0. The van der Waals surface area contributed by atoms with Gasteiger partial charge in [-0.15, -0.1) is 0 Å². The molecule has 12 nitrogen and oxygen atoms in total. The van der Waals surface area contributed by atoms with Crippen LogP contribution in [0.3, 0.4) is 0 Å². The van der Waals surface area contributed by atoms with Gasteiger partial charge in [-0.2, -0.15) is 0 Å². The lowest BCUT2D eigenvalue weighted by Crippen LogP contribution is -2.56. The average molecular weight is 620 g/mol. The number of amides is 4. The maximum atomic E-state index is 13.8. The Kier molecular flexibility index (Phi) is 8.47. The molecule has 2 aliphatic heterocycles. The Morgan fingerprint density at radius 1 is 1.24 bits per heavy atom. The average Bonchev–Trinajstić information content (AvgIpc) is 3.51. The number of ketones is 1. The van der Waals surface area contributed by atoms with Crippen molar-refractivity contribution in [1.29, 1.82) is 0 Å². The molecule has 0 spiro atoms. The molecule has 5 atom stereocenters. The number of carbonyl (C=O) groups is 5. The van der Waals surface area contributed by atoms with Crippen molar-refractivity contribution in [2.75, 3.05) is 19.7 Å². The van der Waals surface area contributed by atoms with Crippen LogP contribution in [0.2, 0.25) is 10.0 Å². The van der Waals surface area contributed by atoms with Crippen LogP contribution in [0.1, 0.15) is 32.4 Å². The summed E-state index contributed by atoms with van der Waals surface area (Å²) in [5.74, 6) is -3.28. The third-order valence-electron chi connectivity index (χ3n) is 8.58. The van der Waals surface area contributed by atoms with Crippen LogP contribution in [0.15, 0.2) is 30.7 Å². The number of hydrogen-bond acceptors (Lipinski definition) is 7. The molecule has 4 amide bonds. The van der Waals surface area contributed by atoms with Gasteiger partial charge in [0.2, 0.25) is 17.6 Å². The molecule has 2 saturated heterocycles. The fourth-order valence-electron chi connectivity index (χ4n) is 6.10. The summed E-state index contributed by atoms with van der Waals surface area (Å²) in [6.07, 6.45) is 3.40. The number of H-pyrrole nitrogens is 1. The van der Waals surface area contributed by atoms with Gasteiger partial charge in [-0.1, -0.05) is 37.0 Å². The zero-order chi connectivity index (χ0) is 30.2. The lowest BCUT2D eigenvalue weighted by Gasteiger charge is -2.31. The Labute approximate surface area is 252 Å². The highest BCUT2D eigenvalue weighted by Crippen LogP contribution is 2.64. The van der Waals surface area contributed by atoms with Crippen molar-refractivity contribution in [2.24, 2.45) is 23.2 Å². The minimum absolute atomic E-state index is 0.0373. The minimum Gasteiger partial charge on any atom is -0.482 e. The lowest BCUT2D eigenvalue weighted by molar-refractivity contribution is -0.144. The SMILES string of the molecule is CC1(C)[C@@H]2[C@@H](C(=O)N[C@@H](C[C@@H]3CCNC3=O)C(=O)C(=O)NCc3cnc[nH]3)N(C(=O)COc3ccc(Cl)cc3Cl)C[C@@H]21. The highest BCUT2D eigenvalue weighted by Gasteiger charge is 2.69. The van der Waals surface area contributed by atoms with Gasteiger partial charge in [-0.25, -0.2) is 4.98 Å². The van der Waals surface area contributed by atoms with Crippen molar-refractivity contribution in [3.63, 3.8) is 0 Å². The lowest BCUT2D eigenvalue weighted by atomic mass is 9.94. The van der Waals surface area contributed by atoms with E-state index < -0.39 is 41.5 Å². The summed E-state index contributed by atoms with van der Waals surface area (Å²) in [5.41, 5.74) is 0.405. The first-order chi connectivity index (χ1) is 20.0. The number of nitrogens with one attached hydrogen (secondary N) is 4. The summed E-state index contributed by atoms with van der Waals surface area (Å²) < 4.78 is 5.63. The maximum Gasteiger partial charge on any atom is 0.289 e. The molecule has 42 heavy (non-hydrogen) atoms. The van der Waals surface area contributed by atoms with Crippen LogP contribution in [0.4, 0.5) is 0 Å². The van der Waals surface area contributed by atoms with E-state index in [4.69, 9.17) is 27.9 Å². The molecule has 0 bridgehead atoms. The van der Waals surface area contributed by atoms with E-state index in [9.17, 15) is 24.0 Å². The van der Waals surface area contributed by atoms with Crippen LogP contribution in [0.5, 0.6) is 5.75 Å². The summed E-state index contributed by atoms with van der Waals surface area (Å²) in [5, 5.41) is 8.65. The minimum atomic E-state index is -1.25. The molecule has 14 heteroatoms. The summed E-state index contributed by atoms with van der Waals surface area (Å²) >= 11 is 12.1. The number of carbonyl (C=O) groups excluding carboxylic acids is 5. The third kappa shape index (κ3) is 6.10. The predicted molar refractivity (Wildman–Crippen MR) is 151 cm³/mol. The van der Waals surface area contributed by atoms with Crippen LogP contribution in [0.25, 0.3) is 0 Å². The molecule has 1 aromatic carbocycles. The van der Waals surface area contributed by atoms with E-state index in [0.717, 1.165) is 0 Å². The Bertz CT molecular complexity index is 1400. The molecule has 224 valence electrons. The van der Waals surface area contributed by atoms with Crippen molar-refractivity contribution in [1.82, 2.24) is 30.8 Å². The number of imidazole rings is 1. The van der Waals surface area contributed by atoms with Gasteiger partial charge in [0, 0.05) is 30.2 Å². The second-order valence-electron chi connectivity index (χ2n) is 11.5. The second kappa shape index (κ2) is 11.9. The molecule has 1 saturated carbocycles. The Hall–Kier alpha value is -3.64. The zero-order valence-corrected chi connectivity index (χ0v) is 24.6. The quantitative estimate of drug-likeness (QED) is 0.277. The Morgan fingerprint density at radius 2 is 2.02 bits per heavy atom. The van der Waals surface area contributed by atoms with Gasteiger partial charge in [0.05, 0.1) is 29.6 Å². The zero-order valence-electron chi connectivity index (χ0n) is 23.1. The maximum absolute atomic E-state index is 13.8. The first-order valence-electron chi connectivity index (χ1n) is 13.7. The third-order valence-corrected chi connectivity index (χ3v) is 9.11. The number of nitrogens with zero attached hydrogens (tertiary/aromatic N) is 2. The molecule has 3 fully saturated rings. The fourth-order valence-corrected chi connectivity index (χ4v) is 6.57. The van der Waals surface area contributed by atoms with Gasteiger partial charge >= 0.3 is 0 Å². The topological polar surface area (TPSA) is 163 Å². The molecule has 3 aliphatic rings. The van der Waals surface area contributed by atoms with Gasteiger partial charge in [-0.05, 0) is 48.3 Å². The molecule has 4 N–H and O–H groups in total. The highest BCUT2D eigenvalue weighted by molar-refractivity contribution is 6.38. The smallest absolute Gasteiger partial charge is 0.289 e. The molecule has 5 rings (SSSR count). The normalized spacial score (nSPS) is 24.4. The molecule has 0 unspecified atom stereocenters. The first-order valence-corrected chi connectivity index (χ1v) is 14.5. The van der Waals surface area contributed by atoms with Gasteiger partial charge < -0.3 is 30.6 Å². The molecular weight excluding hydrogens is 587 g/mol. The van der Waals surface area contributed by atoms with Crippen LogP contribution in [-0.4, -0.2) is 76.1 Å². The molecule has 1 aromatic heterocycles. The number of aromatic amines is 1. The van der Waals surface area contributed by atoms with Crippen LogP contribution in [-0.2, 0) is 30.5 Å². The number of fused-ring (bicyclic) bond motifs is 1. The standard InChI is InChI=1S/C28H32Cl2N6O6/c1-28(2)17-11-36(21(37)12-42-20-4-3-15(29)8-18(20)30)23(22(17)28)26(40)35-19(7-14-5-6-32-25(14)39)24(38)27(41)33-10-16-9-31-13-34-16/h3-4,8-9,13-14,17,19,22-23H,5-7,10-12H2,1-2H3,(H,31,34)(H,32,39)(H,33,41)(H,35,40)/t14-,17-,19-,22-,23-/m0/s1. The number of likely N-dealkylation sites (tertiary alicyclic amines) is 1. The fraction of sp³-hybridized carbons (Fsp3) is 0.500. The molecule has 0 radical (unpaired) electrons. The van der Waals surface area contributed by atoms with E-state index in [0.29, 0.717) is 30.2 Å². The van der Waals surface area contributed by atoms with Gasteiger partial charge in [0.1, 0.15) is 11.8 Å². The van der Waals surface area contributed by atoms with E-state index >= 15 is 0 Å². The monoisotopic (exact) mass is 618 g/mol. The Balaban J connectivity index is 1.30. The molecular formula is C28H32Cl2N6O6. The van der Waals surface area contributed by atoms with E-state index in [1.165, 1.54) is 23.5 Å². The van der Waals surface area contributed by atoms with Crippen molar-refractivity contribution < 1.29 is 28.7 Å². The van der Waals surface area contributed by atoms with Crippen molar-refractivity contribution >= 4 is 52.6 Å². The first kappa shape index (κ1) is 29.8. The summed E-state index contributed by atoms with van der Waals surface area (Å²) in [6, 6.07) is 2.51. The summed E-state index contributed by atoms with van der Waals surface area (Å²) in [6.45, 7) is 4.54. The molecule has 2 aromatic rings. The van der Waals surface area contributed by atoms with E-state index in [1.54, 1.807) is 12.1 Å². The second-order valence-corrected chi connectivity index (χ2v) is 12.3. The number of benzene rings is 1. The van der Waals surface area contributed by atoms with Crippen LogP contribution < -0.4 is 20.7 Å². The van der Waals surface area contributed by atoms with E-state index in [2.05, 4.69) is 25.9 Å². The number of aromatic nitrogens is 2.